The second-order valence-corrected chi connectivity index (χ2v) is 10.1. The Morgan fingerprint density at radius 1 is 0.759 bits per heavy atom. The topological polar surface area (TPSA) is 58.2 Å². The van der Waals surface area contributed by atoms with E-state index in [1.165, 1.54) is 23.5 Å². The van der Waals surface area contributed by atoms with Crippen LogP contribution in [-0.4, -0.2) is 35.4 Å². The zero-order valence-corrected chi connectivity index (χ0v) is 19.4. The van der Waals surface area contributed by atoms with Crippen molar-refractivity contribution < 1.29 is 9.59 Å². The van der Waals surface area contributed by atoms with Crippen LogP contribution in [0.15, 0.2) is 58.3 Å². The van der Waals surface area contributed by atoms with E-state index < -0.39 is 0 Å². The Balaban J connectivity index is 1.61. The maximum Gasteiger partial charge on any atom is 0.233 e. The van der Waals surface area contributed by atoms with Crippen LogP contribution in [0.25, 0.3) is 0 Å². The van der Waals surface area contributed by atoms with Crippen LogP contribution >= 0.6 is 46.7 Å². The molecular weight excluding hydrogens is 447 g/mol. The van der Waals surface area contributed by atoms with Gasteiger partial charge in [0.1, 0.15) is 0 Å². The Bertz CT molecular complexity index is 734. The number of carbonyl (C=O) groups excluding carboxylic acids is 2. The standard InChI is InChI=1S/C21H24Cl2N2O2S2/c1-14(28-18-8-4-16(22)5-9-18)20(26)24-12-3-13-25-21(27)15(2)29-19-10-6-17(23)7-11-19/h4-11,14-15H,3,12-13H2,1-2H3,(H,24,26)(H,25,27)/t14-,15-/m1/s1. The second kappa shape index (κ2) is 12.4. The first kappa shape index (κ1) is 23.9. The van der Waals surface area contributed by atoms with Crippen molar-refractivity contribution in [2.45, 2.75) is 40.6 Å². The van der Waals surface area contributed by atoms with Gasteiger partial charge < -0.3 is 10.6 Å². The van der Waals surface area contributed by atoms with Crippen molar-refractivity contribution in [1.29, 1.82) is 0 Å². The highest BCUT2D eigenvalue weighted by molar-refractivity contribution is 8.00. The Morgan fingerprint density at radius 3 is 1.45 bits per heavy atom. The normalized spacial score (nSPS) is 12.8. The van der Waals surface area contributed by atoms with Crippen LogP contribution in [0.2, 0.25) is 10.0 Å². The molecule has 2 atom stereocenters. The number of amides is 2. The van der Waals surface area contributed by atoms with Gasteiger partial charge in [0, 0.05) is 32.9 Å². The Hall–Kier alpha value is -1.34. The molecule has 8 heteroatoms. The fourth-order valence-corrected chi connectivity index (χ4v) is 4.38. The molecule has 2 aromatic carbocycles. The molecule has 0 aliphatic heterocycles. The molecular formula is C21H24Cl2N2O2S2. The minimum absolute atomic E-state index is 0.0251. The number of carbonyl (C=O) groups is 2. The van der Waals surface area contributed by atoms with Gasteiger partial charge in [-0.1, -0.05) is 23.2 Å². The van der Waals surface area contributed by atoms with Crippen molar-refractivity contribution in [3.8, 4) is 0 Å². The van der Waals surface area contributed by atoms with Gasteiger partial charge in [0.2, 0.25) is 11.8 Å². The first-order valence-corrected chi connectivity index (χ1v) is 11.8. The monoisotopic (exact) mass is 470 g/mol. The molecule has 0 bridgehead atoms. The average Bonchev–Trinajstić information content (AvgIpc) is 2.70. The van der Waals surface area contributed by atoms with Crippen molar-refractivity contribution in [2.75, 3.05) is 13.1 Å². The van der Waals surface area contributed by atoms with Crippen molar-refractivity contribution >= 4 is 58.5 Å². The third-order valence-electron chi connectivity index (χ3n) is 3.94. The fourth-order valence-electron chi connectivity index (χ4n) is 2.34. The molecule has 2 N–H and O–H groups in total. The summed E-state index contributed by atoms with van der Waals surface area (Å²) < 4.78 is 0. The SMILES string of the molecule is C[C@@H](Sc1ccc(Cl)cc1)C(=O)NCCCNC(=O)[C@@H](C)Sc1ccc(Cl)cc1. The van der Waals surface area contributed by atoms with E-state index in [4.69, 9.17) is 23.2 Å². The van der Waals surface area contributed by atoms with Crippen LogP contribution in [0.5, 0.6) is 0 Å². The number of hydrogen-bond donors (Lipinski definition) is 2. The summed E-state index contributed by atoms with van der Waals surface area (Å²) in [7, 11) is 0. The highest BCUT2D eigenvalue weighted by atomic mass is 35.5. The third kappa shape index (κ3) is 8.91. The van der Waals surface area contributed by atoms with Gasteiger partial charge in [-0.05, 0) is 68.8 Å². The summed E-state index contributed by atoms with van der Waals surface area (Å²) in [6.07, 6.45) is 0.675. The molecule has 0 spiro atoms. The summed E-state index contributed by atoms with van der Waals surface area (Å²) >= 11 is 14.7. The van der Waals surface area contributed by atoms with Crippen molar-refractivity contribution in [3.05, 3.63) is 58.6 Å². The molecule has 0 unspecified atom stereocenters. The minimum Gasteiger partial charge on any atom is -0.355 e. The van der Waals surface area contributed by atoms with Crippen molar-refractivity contribution in [2.24, 2.45) is 0 Å². The van der Waals surface area contributed by atoms with Crippen LogP contribution < -0.4 is 10.6 Å². The average molecular weight is 471 g/mol. The van der Waals surface area contributed by atoms with E-state index in [2.05, 4.69) is 10.6 Å². The highest BCUT2D eigenvalue weighted by Crippen LogP contribution is 2.25. The van der Waals surface area contributed by atoms with Crippen molar-refractivity contribution in [1.82, 2.24) is 10.6 Å². The number of thioether (sulfide) groups is 2. The van der Waals surface area contributed by atoms with E-state index in [-0.39, 0.29) is 22.3 Å². The number of hydrogen-bond acceptors (Lipinski definition) is 4. The zero-order valence-electron chi connectivity index (χ0n) is 16.3. The molecule has 2 amide bonds. The van der Waals surface area contributed by atoms with E-state index in [1.807, 2.05) is 62.4 Å². The molecule has 0 radical (unpaired) electrons. The number of halogens is 2. The van der Waals surface area contributed by atoms with Crippen molar-refractivity contribution in [3.63, 3.8) is 0 Å². The molecule has 0 saturated heterocycles. The zero-order chi connectivity index (χ0) is 21.2. The Labute approximate surface area is 190 Å². The van der Waals surface area contributed by atoms with Gasteiger partial charge >= 0.3 is 0 Å². The van der Waals surface area contributed by atoms with Gasteiger partial charge in [-0.15, -0.1) is 23.5 Å². The molecule has 0 heterocycles. The summed E-state index contributed by atoms with van der Waals surface area (Å²) in [6.45, 7) is 4.77. The maximum atomic E-state index is 12.2. The molecule has 4 nitrogen and oxygen atoms in total. The van der Waals surface area contributed by atoms with E-state index >= 15 is 0 Å². The van der Waals surface area contributed by atoms with Crippen LogP contribution in [-0.2, 0) is 9.59 Å². The summed E-state index contributed by atoms with van der Waals surface area (Å²) in [4.78, 5) is 26.4. The van der Waals surface area contributed by atoms with Gasteiger partial charge in [0.15, 0.2) is 0 Å². The number of benzene rings is 2. The Morgan fingerprint density at radius 2 is 1.10 bits per heavy atom. The van der Waals surface area contributed by atoms with Gasteiger partial charge in [-0.2, -0.15) is 0 Å². The lowest BCUT2D eigenvalue weighted by atomic mass is 10.3. The summed E-state index contributed by atoms with van der Waals surface area (Å²) in [6, 6.07) is 14.8. The molecule has 2 aromatic rings. The first-order valence-electron chi connectivity index (χ1n) is 9.25. The quantitative estimate of drug-likeness (QED) is 0.366. The number of nitrogens with one attached hydrogen (secondary N) is 2. The highest BCUT2D eigenvalue weighted by Gasteiger charge is 2.15. The predicted molar refractivity (Wildman–Crippen MR) is 124 cm³/mol. The molecule has 0 aliphatic rings. The van der Waals surface area contributed by atoms with Gasteiger partial charge in [-0.3, -0.25) is 9.59 Å². The first-order chi connectivity index (χ1) is 13.8. The smallest absolute Gasteiger partial charge is 0.233 e. The summed E-state index contributed by atoms with van der Waals surface area (Å²) in [5, 5.41) is 6.75. The molecule has 0 aromatic heterocycles. The fraction of sp³-hybridized carbons (Fsp3) is 0.333. The van der Waals surface area contributed by atoms with Gasteiger partial charge in [0.25, 0.3) is 0 Å². The second-order valence-electron chi connectivity index (χ2n) is 6.36. The van der Waals surface area contributed by atoms with Gasteiger partial charge in [0.05, 0.1) is 10.5 Å². The lowest BCUT2D eigenvalue weighted by Crippen LogP contribution is -2.35. The van der Waals surface area contributed by atoms with E-state index in [0.29, 0.717) is 29.6 Å². The van der Waals surface area contributed by atoms with E-state index in [9.17, 15) is 9.59 Å². The third-order valence-corrected chi connectivity index (χ3v) is 6.67. The predicted octanol–water partition coefficient (Wildman–Crippen LogP) is 5.28. The van der Waals surface area contributed by atoms with E-state index in [1.54, 1.807) is 0 Å². The summed E-state index contributed by atoms with van der Waals surface area (Å²) in [5.41, 5.74) is 0. The lowest BCUT2D eigenvalue weighted by molar-refractivity contribution is -0.120. The summed E-state index contributed by atoms with van der Waals surface area (Å²) in [5.74, 6) is -0.0501. The molecule has 156 valence electrons. The molecule has 2 rings (SSSR count). The van der Waals surface area contributed by atoms with Crippen LogP contribution in [0, 0.1) is 0 Å². The molecule has 0 saturated carbocycles. The maximum absolute atomic E-state index is 12.2. The number of rotatable bonds is 10. The largest absolute Gasteiger partial charge is 0.355 e. The molecule has 0 fully saturated rings. The molecule has 0 aliphatic carbocycles. The van der Waals surface area contributed by atoms with Crippen LogP contribution in [0.1, 0.15) is 20.3 Å². The lowest BCUT2D eigenvalue weighted by Gasteiger charge is -2.14. The minimum atomic E-state index is -0.207. The van der Waals surface area contributed by atoms with Crippen LogP contribution in [0.4, 0.5) is 0 Å². The van der Waals surface area contributed by atoms with Gasteiger partial charge in [-0.25, -0.2) is 0 Å². The van der Waals surface area contributed by atoms with E-state index in [0.717, 1.165) is 9.79 Å². The molecule has 29 heavy (non-hydrogen) atoms. The Kier molecular flexibility index (Phi) is 10.2. The van der Waals surface area contributed by atoms with Crippen LogP contribution in [0.3, 0.4) is 0 Å².